The van der Waals surface area contributed by atoms with E-state index in [0.717, 1.165) is 24.8 Å². The van der Waals surface area contributed by atoms with Crippen molar-refractivity contribution < 1.29 is 9.53 Å². The van der Waals surface area contributed by atoms with Gasteiger partial charge in [-0.2, -0.15) is 0 Å². The van der Waals surface area contributed by atoms with E-state index in [-0.39, 0.29) is 6.10 Å². The summed E-state index contributed by atoms with van der Waals surface area (Å²) in [6.45, 7) is 0. The Morgan fingerprint density at radius 3 is 2.73 bits per heavy atom. The van der Waals surface area contributed by atoms with Crippen molar-refractivity contribution in [1.29, 1.82) is 0 Å². The van der Waals surface area contributed by atoms with Gasteiger partial charge in [-0.25, -0.2) is 0 Å². The first-order chi connectivity index (χ1) is 7.22. The van der Waals surface area contributed by atoms with Crippen LogP contribution in [-0.4, -0.2) is 31.5 Å². The molecule has 0 saturated heterocycles. The molecular formula is C11H14N2O2. The van der Waals surface area contributed by atoms with Gasteiger partial charge in [0.1, 0.15) is 0 Å². The van der Waals surface area contributed by atoms with E-state index in [1.165, 1.54) is 0 Å². The minimum atomic E-state index is 0.280. The standard InChI is InChI=1S/C11H14N2O2/c1-13(2)10-5-12-6-11(9(10)7-14)15-8-3-4-8/h5-8H,3-4H2,1-2H3. The van der Waals surface area contributed by atoms with Crippen LogP contribution in [0.5, 0.6) is 5.75 Å². The Labute approximate surface area is 88.9 Å². The van der Waals surface area contributed by atoms with Gasteiger partial charge in [-0.1, -0.05) is 0 Å². The van der Waals surface area contributed by atoms with Crippen molar-refractivity contribution in [1.82, 2.24) is 4.98 Å². The lowest BCUT2D eigenvalue weighted by atomic mass is 10.2. The van der Waals surface area contributed by atoms with Crippen LogP contribution in [0.1, 0.15) is 23.2 Å². The Morgan fingerprint density at radius 2 is 2.20 bits per heavy atom. The van der Waals surface area contributed by atoms with Crippen molar-refractivity contribution in [2.75, 3.05) is 19.0 Å². The van der Waals surface area contributed by atoms with Crippen molar-refractivity contribution in [2.45, 2.75) is 18.9 Å². The summed E-state index contributed by atoms with van der Waals surface area (Å²) in [6.07, 6.45) is 6.53. The fourth-order valence-corrected chi connectivity index (χ4v) is 1.38. The topological polar surface area (TPSA) is 42.4 Å². The maximum absolute atomic E-state index is 11.0. The van der Waals surface area contributed by atoms with Crippen LogP contribution < -0.4 is 9.64 Å². The number of nitrogens with zero attached hydrogens (tertiary/aromatic N) is 2. The zero-order valence-electron chi connectivity index (χ0n) is 8.93. The molecule has 4 heteroatoms. The molecule has 80 valence electrons. The monoisotopic (exact) mass is 206 g/mol. The van der Waals surface area contributed by atoms with Gasteiger partial charge < -0.3 is 9.64 Å². The average molecular weight is 206 g/mol. The third kappa shape index (κ3) is 2.09. The normalized spacial score (nSPS) is 14.8. The Bertz CT molecular complexity index is 373. The van der Waals surface area contributed by atoms with E-state index in [9.17, 15) is 4.79 Å². The molecule has 0 unspecified atom stereocenters. The maximum Gasteiger partial charge on any atom is 0.156 e. The zero-order chi connectivity index (χ0) is 10.8. The van der Waals surface area contributed by atoms with Gasteiger partial charge in [0.15, 0.2) is 12.0 Å². The van der Waals surface area contributed by atoms with E-state index in [2.05, 4.69) is 4.98 Å². The first-order valence-corrected chi connectivity index (χ1v) is 4.99. The summed E-state index contributed by atoms with van der Waals surface area (Å²) in [5.41, 5.74) is 1.38. The van der Waals surface area contributed by atoms with Gasteiger partial charge in [0.25, 0.3) is 0 Å². The first-order valence-electron chi connectivity index (χ1n) is 4.99. The summed E-state index contributed by atoms with van der Waals surface area (Å²) in [7, 11) is 3.76. The highest BCUT2D eigenvalue weighted by atomic mass is 16.5. The molecule has 0 bridgehead atoms. The summed E-state index contributed by atoms with van der Waals surface area (Å²) < 4.78 is 5.62. The molecule has 0 amide bonds. The van der Waals surface area contributed by atoms with Crippen molar-refractivity contribution in [3.8, 4) is 5.75 Å². The first kappa shape index (κ1) is 9.96. The molecule has 1 saturated carbocycles. The number of carbonyl (C=O) groups excluding carboxylic acids is 1. The van der Waals surface area contributed by atoms with E-state index in [0.29, 0.717) is 11.3 Å². The lowest BCUT2D eigenvalue weighted by Crippen LogP contribution is -2.13. The minimum Gasteiger partial charge on any atom is -0.488 e. The smallest absolute Gasteiger partial charge is 0.156 e. The number of aldehydes is 1. The summed E-state index contributed by atoms with van der Waals surface area (Å²) in [4.78, 5) is 16.9. The number of hydrogen-bond acceptors (Lipinski definition) is 4. The molecule has 0 aliphatic heterocycles. The Morgan fingerprint density at radius 1 is 1.47 bits per heavy atom. The molecule has 2 rings (SSSR count). The van der Waals surface area contributed by atoms with Gasteiger partial charge in [0.2, 0.25) is 0 Å². The average Bonchev–Trinajstić information content (AvgIpc) is 3.01. The molecule has 15 heavy (non-hydrogen) atoms. The van der Waals surface area contributed by atoms with E-state index in [1.54, 1.807) is 12.4 Å². The van der Waals surface area contributed by atoms with Crippen LogP contribution in [0.15, 0.2) is 12.4 Å². The predicted octanol–water partition coefficient (Wildman–Crippen LogP) is 1.50. The zero-order valence-corrected chi connectivity index (χ0v) is 8.93. The van der Waals surface area contributed by atoms with Crippen LogP contribution in [0.3, 0.4) is 0 Å². The number of ether oxygens (including phenoxy) is 1. The number of hydrogen-bond donors (Lipinski definition) is 0. The van der Waals surface area contributed by atoms with E-state index in [4.69, 9.17) is 4.74 Å². The second-order valence-electron chi connectivity index (χ2n) is 3.90. The Kier molecular flexibility index (Phi) is 2.58. The summed E-state index contributed by atoms with van der Waals surface area (Å²) in [5.74, 6) is 0.596. The molecule has 1 fully saturated rings. The fraction of sp³-hybridized carbons (Fsp3) is 0.455. The van der Waals surface area contributed by atoms with E-state index >= 15 is 0 Å². The summed E-state index contributed by atoms with van der Waals surface area (Å²) in [5, 5.41) is 0. The number of aromatic nitrogens is 1. The SMILES string of the molecule is CN(C)c1cncc(OC2CC2)c1C=O. The summed E-state index contributed by atoms with van der Waals surface area (Å²) in [6, 6.07) is 0. The highest BCUT2D eigenvalue weighted by molar-refractivity contribution is 5.87. The molecule has 1 aliphatic carbocycles. The fourth-order valence-electron chi connectivity index (χ4n) is 1.38. The van der Waals surface area contributed by atoms with E-state index in [1.807, 2.05) is 19.0 Å². The van der Waals surface area contributed by atoms with Crippen molar-refractivity contribution in [2.24, 2.45) is 0 Å². The van der Waals surface area contributed by atoms with Gasteiger partial charge in [-0.3, -0.25) is 9.78 Å². The lowest BCUT2D eigenvalue weighted by molar-refractivity contribution is 0.111. The van der Waals surface area contributed by atoms with Crippen molar-refractivity contribution in [3.63, 3.8) is 0 Å². The molecule has 0 spiro atoms. The molecule has 1 aliphatic rings. The molecule has 1 aromatic heterocycles. The third-order valence-electron chi connectivity index (χ3n) is 2.35. The maximum atomic E-state index is 11.0. The van der Waals surface area contributed by atoms with Gasteiger partial charge >= 0.3 is 0 Å². The van der Waals surface area contributed by atoms with Crippen molar-refractivity contribution in [3.05, 3.63) is 18.0 Å². The number of anilines is 1. The van der Waals surface area contributed by atoms with Gasteiger partial charge in [-0.15, -0.1) is 0 Å². The molecule has 1 aromatic rings. The van der Waals surface area contributed by atoms with E-state index < -0.39 is 0 Å². The highest BCUT2D eigenvalue weighted by Gasteiger charge is 2.25. The molecule has 0 radical (unpaired) electrons. The predicted molar refractivity (Wildman–Crippen MR) is 57.6 cm³/mol. The summed E-state index contributed by atoms with van der Waals surface area (Å²) >= 11 is 0. The van der Waals surface area contributed by atoms with Crippen LogP contribution >= 0.6 is 0 Å². The van der Waals surface area contributed by atoms with Crippen LogP contribution in [0.25, 0.3) is 0 Å². The number of pyridine rings is 1. The molecular weight excluding hydrogens is 192 g/mol. The molecule has 0 atom stereocenters. The second-order valence-corrected chi connectivity index (χ2v) is 3.90. The quantitative estimate of drug-likeness (QED) is 0.700. The van der Waals surface area contributed by atoms with Gasteiger partial charge in [0, 0.05) is 14.1 Å². The Hall–Kier alpha value is -1.58. The van der Waals surface area contributed by atoms with Gasteiger partial charge in [-0.05, 0) is 12.8 Å². The van der Waals surface area contributed by atoms with Crippen LogP contribution in [0, 0.1) is 0 Å². The molecule has 0 N–H and O–H groups in total. The van der Waals surface area contributed by atoms with Gasteiger partial charge in [0.05, 0.1) is 29.7 Å². The molecule has 4 nitrogen and oxygen atoms in total. The third-order valence-corrected chi connectivity index (χ3v) is 2.35. The molecule has 1 heterocycles. The van der Waals surface area contributed by atoms with Crippen LogP contribution in [-0.2, 0) is 0 Å². The minimum absolute atomic E-state index is 0.280. The largest absolute Gasteiger partial charge is 0.488 e. The van der Waals surface area contributed by atoms with Crippen molar-refractivity contribution >= 4 is 12.0 Å². The van der Waals surface area contributed by atoms with Crippen LogP contribution in [0.4, 0.5) is 5.69 Å². The second kappa shape index (κ2) is 3.88. The Balaban J connectivity index is 2.34. The van der Waals surface area contributed by atoms with Crippen LogP contribution in [0.2, 0.25) is 0 Å². The highest BCUT2D eigenvalue weighted by Crippen LogP contribution is 2.31. The number of rotatable bonds is 4. The number of carbonyl (C=O) groups is 1. The lowest BCUT2D eigenvalue weighted by Gasteiger charge is -2.16. The molecule has 0 aromatic carbocycles.